The van der Waals surface area contributed by atoms with Crippen LogP contribution >= 0.6 is 0 Å². The second-order valence-electron chi connectivity index (χ2n) is 6.28. The van der Waals surface area contributed by atoms with Gasteiger partial charge in [-0.1, -0.05) is 6.92 Å². The van der Waals surface area contributed by atoms with Crippen molar-refractivity contribution in [2.45, 2.75) is 45.8 Å². The number of nitrogens with zero attached hydrogens (tertiary/aromatic N) is 1. The van der Waals surface area contributed by atoms with Gasteiger partial charge in [0.2, 0.25) is 0 Å². The third kappa shape index (κ3) is 2.17. The van der Waals surface area contributed by atoms with E-state index in [0.29, 0.717) is 6.04 Å². The van der Waals surface area contributed by atoms with E-state index in [4.69, 9.17) is 4.74 Å². The van der Waals surface area contributed by atoms with Crippen molar-refractivity contribution in [3.8, 4) is 0 Å². The van der Waals surface area contributed by atoms with Gasteiger partial charge in [0.05, 0.1) is 0 Å². The van der Waals surface area contributed by atoms with Crippen LogP contribution in [0.15, 0.2) is 0 Å². The summed E-state index contributed by atoms with van der Waals surface area (Å²) in [4.78, 5) is 13.8. The van der Waals surface area contributed by atoms with Crippen molar-refractivity contribution in [1.29, 1.82) is 0 Å². The minimum atomic E-state index is -0.396. The first kappa shape index (κ1) is 11.7. The van der Waals surface area contributed by atoms with Gasteiger partial charge in [-0.2, -0.15) is 0 Å². The molecule has 0 spiro atoms. The maximum absolute atomic E-state index is 11.9. The Morgan fingerprint density at radius 2 is 2.19 bits per heavy atom. The van der Waals surface area contributed by atoms with Crippen molar-refractivity contribution in [2.75, 3.05) is 19.6 Å². The zero-order valence-electron chi connectivity index (χ0n) is 10.7. The Labute approximate surface area is 97.3 Å². The molecule has 0 unspecified atom stereocenters. The number of amides is 1. The molecule has 92 valence electrons. The van der Waals surface area contributed by atoms with E-state index in [-0.39, 0.29) is 11.5 Å². The van der Waals surface area contributed by atoms with Gasteiger partial charge in [0.25, 0.3) is 0 Å². The van der Waals surface area contributed by atoms with E-state index in [2.05, 4.69) is 12.2 Å². The first-order valence-corrected chi connectivity index (χ1v) is 6.01. The molecule has 4 nitrogen and oxygen atoms in total. The molecule has 2 atom stereocenters. The Bertz CT molecular complexity index is 298. The van der Waals surface area contributed by atoms with Crippen LogP contribution in [-0.2, 0) is 4.74 Å². The van der Waals surface area contributed by atoms with Crippen molar-refractivity contribution in [3.05, 3.63) is 0 Å². The van der Waals surface area contributed by atoms with E-state index >= 15 is 0 Å². The molecule has 0 aromatic heterocycles. The smallest absolute Gasteiger partial charge is 0.410 e. The summed E-state index contributed by atoms with van der Waals surface area (Å²) < 4.78 is 5.40. The minimum Gasteiger partial charge on any atom is -0.444 e. The summed E-state index contributed by atoms with van der Waals surface area (Å²) in [5, 5.41) is 3.42. The van der Waals surface area contributed by atoms with Gasteiger partial charge >= 0.3 is 6.09 Å². The Kier molecular flexibility index (Phi) is 2.65. The molecule has 2 saturated heterocycles. The van der Waals surface area contributed by atoms with Crippen LogP contribution in [0.25, 0.3) is 0 Å². The van der Waals surface area contributed by atoms with Crippen LogP contribution in [0.4, 0.5) is 4.79 Å². The van der Waals surface area contributed by atoms with Crippen LogP contribution in [0, 0.1) is 5.41 Å². The van der Waals surface area contributed by atoms with Gasteiger partial charge in [0, 0.05) is 31.1 Å². The highest BCUT2D eigenvalue weighted by atomic mass is 16.6. The summed E-state index contributed by atoms with van der Waals surface area (Å²) in [6.45, 7) is 10.6. The molecular formula is C12H22N2O2. The Hall–Kier alpha value is -0.770. The highest BCUT2D eigenvalue weighted by molar-refractivity contribution is 5.68. The highest BCUT2D eigenvalue weighted by Crippen LogP contribution is 2.36. The molecule has 0 aromatic rings. The third-order valence-corrected chi connectivity index (χ3v) is 3.49. The zero-order valence-corrected chi connectivity index (χ0v) is 10.7. The summed E-state index contributed by atoms with van der Waals surface area (Å²) in [6, 6.07) is 0.589. The maximum Gasteiger partial charge on any atom is 0.410 e. The van der Waals surface area contributed by atoms with E-state index in [1.54, 1.807) is 0 Å². The van der Waals surface area contributed by atoms with Crippen molar-refractivity contribution < 1.29 is 9.53 Å². The average molecular weight is 226 g/mol. The maximum atomic E-state index is 11.9. The monoisotopic (exact) mass is 226 g/mol. The van der Waals surface area contributed by atoms with Gasteiger partial charge in [0.1, 0.15) is 5.60 Å². The lowest BCUT2D eigenvalue weighted by Crippen LogP contribution is -2.69. The largest absolute Gasteiger partial charge is 0.444 e. The van der Waals surface area contributed by atoms with Gasteiger partial charge in [-0.05, 0) is 27.2 Å². The topological polar surface area (TPSA) is 41.6 Å². The van der Waals surface area contributed by atoms with Gasteiger partial charge < -0.3 is 15.0 Å². The number of piperidine rings is 1. The molecule has 16 heavy (non-hydrogen) atoms. The number of likely N-dealkylation sites (tertiary alicyclic amines) is 1. The number of carbonyl (C=O) groups excluding carboxylic acids is 1. The van der Waals surface area contributed by atoms with Crippen LogP contribution in [0.1, 0.15) is 34.1 Å². The number of rotatable bonds is 0. The summed E-state index contributed by atoms with van der Waals surface area (Å²) in [5.74, 6) is 0. The molecule has 2 rings (SSSR count). The van der Waals surface area contributed by atoms with Crippen molar-refractivity contribution >= 4 is 6.09 Å². The van der Waals surface area contributed by atoms with Gasteiger partial charge in [-0.15, -0.1) is 0 Å². The quantitative estimate of drug-likeness (QED) is 0.682. The summed E-state index contributed by atoms with van der Waals surface area (Å²) >= 11 is 0. The van der Waals surface area contributed by atoms with Crippen LogP contribution in [-0.4, -0.2) is 42.3 Å². The van der Waals surface area contributed by atoms with E-state index in [1.807, 2.05) is 25.7 Å². The van der Waals surface area contributed by atoms with Crippen LogP contribution in [0.3, 0.4) is 0 Å². The number of nitrogens with one attached hydrogen (secondary N) is 1. The molecular weight excluding hydrogens is 204 g/mol. The number of hydrogen-bond acceptors (Lipinski definition) is 3. The van der Waals surface area contributed by atoms with Gasteiger partial charge in [-0.25, -0.2) is 4.79 Å². The summed E-state index contributed by atoms with van der Waals surface area (Å²) in [5.41, 5.74) is -0.137. The van der Waals surface area contributed by atoms with Gasteiger partial charge in [0.15, 0.2) is 0 Å². The van der Waals surface area contributed by atoms with Gasteiger partial charge in [-0.3, -0.25) is 0 Å². The lowest BCUT2D eigenvalue weighted by atomic mass is 9.71. The normalized spacial score (nSPS) is 34.0. The first-order chi connectivity index (χ1) is 7.30. The molecule has 0 aliphatic carbocycles. The molecule has 4 heteroatoms. The standard InChI is InChI=1S/C12H22N2O2/c1-11(2,3)16-10(15)14-6-5-9-12(4,8-14)7-13-9/h9,13H,5-8H2,1-4H3/t9-,12+/m0/s1. The van der Waals surface area contributed by atoms with E-state index in [0.717, 1.165) is 26.1 Å². The molecule has 0 radical (unpaired) electrons. The lowest BCUT2D eigenvalue weighted by molar-refractivity contribution is -0.0245. The van der Waals surface area contributed by atoms with Crippen molar-refractivity contribution in [3.63, 3.8) is 0 Å². The number of ether oxygens (including phenoxy) is 1. The number of hydrogen-bond donors (Lipinski definition) is 1. The van der Waals surface area contributed by atoms with Crippen molar-refractivity contribution in [2.24, 2.45) is 5.41 Å². The molecule has 0 saturated carbocycles. The van der Waals surface area contributed by atoms with E-state index < -0.39 is 5.60 Å². The average Bonchev–Trinajstić information content (AvgIpc) is 2.09. The van der Waals surface area contributed by atoms with Crippen LogP contribution in [0.2, 0.25) is 0 Å². The van der Waals surface area contributed by atoms with Crippen LogP contribution in [0.5, 0.6) is 0 Å². The Morgan fingerprint density at radius 3 is 2.62 bits per heavy atom. The molecule has 2 aliphatic rings. The lowest BCUT2D eigenvalue weighted by Gasteiger charge is -2.54. The highest BCUT2D eigenvalue weighted by Gasteiger charge is 2.47. The molecule has 2 fully saturated rings. The fourth-order valence-electron chi connectivity index (χ4n) is 2.49. The summed E-state index contributed by atoms with van der Waals surface area (Å²) in [6.07, 6.45) is 0.870. The fourth-order valence-corrected chi connectivity index (χ4v) is 2.49. The van der Waals surface area contributed by atoms with E-state index in [1.165, 1.54) is 0 Å². The van der Waals surface area contributed by atoms with Crippen molar-refractivity contribution in [1.82, 2.24) is 10.2 Å². The second-order valence-corrected chi connectivity index (χ2v) is 6.28. The molecule has 0 aromatic carbocycles. The zero-order chi connectivity index (χ0) is 12.0. The molecule has 0 bridgehead atoms. The SMILES string of the molecule is CC(C)(C)OC(=O)N1CC[C@@H]2NC[C@]2(C)C1. The fraction of sp³-hybridized carbons (Fsp3) is 0.917. The third-order valence-electron chi connectivity index (χ3n) is 3.49. The molecule has 2 aliphatic heterocycles. The molecule has 2 heterocycles. The Balaban J connectivity index is 1.93. The number of carbonyl (C=O) groups is 1. The predicted octanol–water partition coefficient (Wildman–Crippen LogP) is 1.61. The summed E-state index contributed by atoms with van der Waals surface area (Å²) in [7, 11) is 0. The Morgan fingerprint density at radius 1 is 1.50 bits per heavy atom. The second kappa shape index (κ2) is 3.62. The molecule has 1 amide bonds. The first-order valence-electron chi connectivity index (χ1n) is 6.01. The number of fused-ring (bicyclic) bond motifs is 1. The van der Waals surface area contributed by atoms with Crippen LogP contribution < -0.4 is 5.32 Å². The predicted molar refractivity (Wildman–Crippen MR) is 62.3 cm³/mol. The van der Waals surface area contributed by atoms with E-state index in [9.17, 15) is 4.79 Å². The molecule has 1 N–H and O–H groups in total. The minimum absolute atomic E-state index is 0.168.